The molecule has 0 atom stereocenters. The summed E-state index contributed by atoms with van der Waals surface area (Å²) in [6.45, 7) is 4.00. The summed E-state index contributed by atoms with van der Waals surface area (Å²) in [4.78, 5) is 11.1. The Bertz CT molecular complexity index is 394. The summed E-state index contributed by atoms with van der Waals surface area (Å²) in [6.07, 6.45) is 0.764. The standard InChI is InChI=1S/C9H9BrN2O3.C2H6/c1-15-9-6(10)3-2-4-7(9)12-8(13)5-11-14;1-2/h2-5,14H,1H3,(H,12,13);1-2H3/b11-5+;. The van der Waals surface area contributed by atoms with Crippen LogP contribution in [0.2, 0.25) is 0 Å². The van der Waals surface area contributed by atoms with Crippen LogP contribution >= 0.6 is 15.9 Å². The fourth-order valence-electron chi connectivity index (χ4n) is 1.03. The number of anilines is 1. The molecule has 1 aromatic rings. The molecule has 0 aliphatic rings. The maximum absolute atomic E-state index is 11.1. The summed E-state index contributed by atoms with van der Waals surface area (Å²) >= 11 is 3.28. The molecule has 0 aromatic heterocycles. The van der Waals surface area contributed by atoms with Crippen LogP contribution in [-0.2, 0) is 4.79 Å². The number of oxime groups is 1. The highest BCUT2D eigenvalue weighted by Gasteiger charge is 2.08. The van der Waals surface area contributed by atoms with Crippen LogP contribution in [0.15, 0.2) is 27.8 Å². The smallest absolute Gasteiger partial charge is 0.270 e. The van der Waals surface area contributed by atoms with E-state index in [4.69, 9.17) is 9.94 Å². The Kier molecular flexibility index (Phi) is 7.79. The Morgan fingerprint density at radius 2 is 2.18 bits per heavy atom. The number of nitrogens with zero attached hydrogens (tertiary/aromatic N) is 1. The zero-order valence-corrected chi connectivity index (χ0v) is 11.5. The van der Waals surface area contributed by atoms with Gasteiger partial charge in [-0.25, -0.2) is 0 Å². The first-order chi connectivity index (χ1) is 8.19. The number of halogens is 1. The molecule has 5 nitrogen and oxygen atoms in total. The Labute approximate surface area is 109 Å². The van der Waals surface area contributed by atoms with E-state index in [1.54, 1.807) is 18.2 Å². The van der Waals surface area contributed by atoms with Gasteiger partial charge in [0.1, 0.15) is 6.21 Å². The molecule has 0 heterocycles. The van der Waals surface area contributed by atoms with Crippen LogP contribution in [-0.4, -0.2) is 24.4 Å². The Hall–Kier alpha value is -1.56. The fraction of sp³-hybridized carbons (Fsp3) is 0.273. The molecule has 1 aromatic carbocycles. The summed E-state index contributed by atoms with van der Waals surface area (Å²) in [5.41, 5.74) is 0.497. The normalized spacial score (nSPS) is 9.41. The number of nitrogens with one attached hydrogen (secondary N) is 1. The van der Waals surface area contributed by atoms with Gasteiger partial charge in [-0.15, -0.1) is 0 Å². The average Bonchev–Trinajstić information content (AvgIpc) is 2.32. The lowest BCUT2D eigenvalue weighted by Gasteiger charge is -2.09. The van der Waals surface area contributed by atoms with E-state index in [0.29, 0.717) is 11.4 Å². The molecule has 0 aliphatic heterocycles. The Morgan fingerprint density at radius 3 is 2.71 bits per heavy atom. The summed E-state index contributed by atoms with van der Waals surface area (Å²) in [5.74, 6) is -0.0221. The number of amides is 1. The second-order valence-electron chi connectivity index (χ2n) is 2.55. The summed E-state index contributed by atoms with van der Waals surface area (Å²) in [7, 11) is 1.50. The lowest BCUT2D eigenvalue weighted by Crippen LogP contribution is -2.13. The van der Waals surface area contributed by atoms with Gasteiger partial charge >= 0.3 is 0 Å². The molecular formula is C11H15BrN2O3. The molecule has 0 saturated heterocycles. The molecule has 0 radical (unpaired) electrons. The number of hydrogen-bond donors (Lipinski definition) is 2. The molecular weight excluding hydrogens is 288 g/mol. The van der Waals surface area contributed by atoms with Crippen molar-refractivity contribution in [2.75, 3.05) is 12.4 Å². The minimum Gasteiger partial charge on any atom is -0.493 e. The molecule has 17 heavy (non-hydrogen) atoms. The molecule has 0 fully saturated rings. The van der Waals surface area contributed by atoms with Crippen LogP contribution in [0, 0.1) is 0 Å². The quantitative estimate of drug-likeness (QED) is 0.512. The Balaban J connectivity index is 0.00000121. The topological polar surface area (TPSA) is 70.9 Å². The molecule has 0 saturated carbocycles. The number of methoxy groups -OCH3 is 1. The number of para-hydroxylation sites is 1. The molecule has 0 unspecified atom stereocenters. The first kappa shape index (κ1) is 15.4. The Morgan fingerprint density at radius 1 is 1.53 bits per heavy atom. The number of rotatable bonds is 3. The van der Waals surface area contributed by atoms with Crippen LogP contribution in [0.5, 0.6) is 5.75 Å². The zero-order valence-electron chi connectivity index (χ0n) is 9.90. The first-order valence-electron chi connectivity index (χ1n) is 5.00. The molecule has 1 rings (SSSR count). The van der Waals surface area contributed by atoms with Crippen LogP contribution in [0.1, 0.15) is 13.8 Å². The third-order valence-corrected chi connectivity index (χ3v) is 2.23. The second kappa shape index (κ2) is 8.58. The summed E-state index contributed by atoms with van der Waals surface area (Å²) in [6, 6.07) is 5.21. The van der Waals surface area contributed by atoms with E-state index >= 15 is 0 Å². The second-order valence-corrected chi connectivity index (χ2v) is 3.41. The van der Waals surface area contributed by atoms with Gasteiger partial charge in [0.25, 0.3) is 5.91 Å². The van der Waals surface area contributed by atoms with Gasteiger partial charge in [0, 0.05) is 0 Å². The largest absolute Gasteiger partial charge is 0.493 e. The van der Waals surface area contributed by atoms with Crippen molar-refractivity contribution in [2.24, 2.45) is 5.16 Å². The van der Waals surface area contributed by atoms with Crippen molar-refractivity contribution in [1.82, 2.24) is 0 Å². The van der Waals surface area contributed by atoms with Gasteiger partial charge in [0.15, 0.2) is 5.75 Å². The number of hydrogen-bond acceptors (Lipinski definition) is 4. The van der Waals surface area contributed by atoms with Crippen molar-refractivity contribution in [3.05, 3.63) is 22.7 Å². The molecule has 0 bridgehead atoms. The number of carbonyl (C=O) groups is 1. The van der Waals surface area contributed by atoms with Crippen molar-refractivity contribution in [3.63, 3.8) is 0 Å². The van der Waals surface area contributed by atoms with E-state index in [-0.39, 0.29) is 0 Å². The highest BCUT2D eigenvalue weighted by atomic mass is 79.9. The average molecular weight is 303 g/mol. The number of benzene rings is 1. The van der Waals surface area contributed by atoms with E-state index in [1.165, 1.54) is 7.11 Å². The summed E-state index contributed by atoms with van der Waals surface area (Å²) in [5, 5.41) is 13.3. The summed E-state index contributed by atoms with van der Waals surface area (Å²) < 4.78 is 5.81. The highest BCUT2D eigenvalue weighted by Crippen LogP contribution is 2.32. The van der Waals surface area contributed by atoms with Crippen LogP contribution in [0.3, 0.4) is 0 Å². The van der Waals surface area contributed by atoms with E-state index in [1.807, 2.05) is 13.8 Å². The van der Waals surface area contributed by atoms with Crippen molar-refractivity contribution in [2.45, 2.75) is 13.8 Å². The molecule has 1 amide bonds. The van der Waals surface area contributed by atoms with E-state index in [0.717, 1.165) is 10.7 Å². The van der Waals surface area contributed by atoms with Crippen LogP contribution in [0.25, 0.3) is 0 Å². The molecule has 6 heteroatoms. The predicted octanol–water partition coefficient (Wildman–Crippen LogP) is 2.88. The number of carbonyl (C=O) groups excluding carboxylic acids is 1. The third kappa shape index (κ3) is 4.86. The van der Waals surface area contributed by atoms with Gasteiger partial charge in [-0.2, -0.15) is 0 Å². The van der Waals surface area contributed by atoms with Gasteiger partial charge in [-0.3, -0.25) is 4.79 Å². The van der Waals surface area contributed by atoms with Gasteiger partial charge in [-0.05, 0) is 28.1 Å². The lowest BCUT2D eigenvalue weighted by molar-refractivity contribution is -0.110. The molecule has 0 spiro atoms. The first-order valence-corrected chi connectivity index (χ1v) is 5.79. The van der Waals surface area contributed by atoms with Gasteiger partial charge in [-0.1, -0.05) is 25.1 Å². The van der Waals surface area contributed by atoms with Gasteiger partial charge in [0.2, 0.25) is 0 Å². The maximum Gasteiger partial charge on any atom is 0.270 e. The highest BCUT2D eigenvalue weighted by molar-refractivity contribution is 9.10. The number of ether oxygens (including phenoxy) is 1. The lowest BCUT2D eigenvalue weighted by atomic mass is 10.3. The third-order valence-electron chi connectivity index (χ3n) is 1.60. The van der Waals surface area contributed by atoms with Crippen LogP contribution in [0.4, 0.5) is 5.69 Å². The van der Waals surface area contributed by atoms with Gasteiger partial charge in [0.05, 0.1) is 17.3 Å². The molecule has 94 valence electrons. The minimum atomic E-state index is -0.533. The maximum atomic E-state index is 11.1. The monoisotopic (exact) mass is 302 g/mol. The van der Waals surface area contributed by atoms with Crippen molar-refractivity contribution in [1.29, 1.82) is 0 Å². The van der Waals surface area contributed by atoms with E-state index in [9.17, 15) is 4.79 Å². The van der Waals surface area contributed by atoms with E-state index < -0.39 is 5.91 Å². The van der Waals surface area contributed by atoms with Crippen molar-refractivity contribution in [3.8, 4) is 5.75 Å². The van der Waals surface area contributed by atoms with E-state index in [2.05, 4.69) is 26.4 Å². The molecule has 0 aliphatic carbocycles. The van der Waals surface area contributed by atoms with Crippen LogP contribution < -0.4 is 10.1 Å². The van der Waals surface area contributed by atoms with Gasteiger partial charge < -0.3 is 15.3 Å². The fourth-order valence-corrected chi connectivity index (χ4v) is 1.56. The zero-order chi connectivity index (χ0) is 13.3. The predicted molar refractivity (Wildman–Crippen MR) is 71.0 cm³/mol. The van der Waals surface area contributed by atoms with Crippen molar-refractivity contribution < 1.29 is 14.7 Å². The molecule has 2 N–H and O–H groups in total. The van der Waals surface area contributed by atoms with Crippen molar-refractivity contribution >= 4 is 33.7 Å². The SMILES string of the molecule is CC.COc1c(Br)cccc1NC(=O)/C=N/O. The minimum absolute atomic E-state index is 0.497.